The third-order valence-corrected chi connectivity index (χ3v) is 9.48. The van der Waals surface area contributed by atoms with Crippen LogP contribution in [0.25, 0.3) is 0 Å². The molecule has 0 radical (unpaired) electrons. The molecule has 1 aliphatic heterocycles. The third kappa shape index (κ3) is 15.0. The molecule has 55 heavy (non-hydrogen) atoms. The molecule has 18 nitrogen and oxygen atoms in total. The number of para-hydroxylation sites is 1. The van der Waals surface area contributed by atoms with Gasteiger partial charge in [-0.2, -0.15) is 0 Å². The van der Waals surface area contributed by atoms with Crippen LogP contribution in [0.2, 0.25) is 0 Å². The first kappa shape index (κ1) is 43.8. The molecule has 8 N–H and O–H groups in total. The van der Waals surface area contributed by atoms with Crippen molar-refractivity contribution in [2.45, 2.75) is 88.9 Å². The molecule has 1 unspecified atom stereocenters. The lowest BCUT2D eigenvalue weighted by Gasteiger charge is -2.26. The lowest BCUT2D eigenvalue weighted by molar-refractivity contribution is -0.143. The van der Waals surface area contributed by atoms with Gasteiger partial charge in [0.1, 0.15) is 18.1 Å². The van der Waals surface area contributed by atoms with E-state index in [2.05, 4.69) is 22.5 Å². The standard InChI is InChI=1S/C36H43N4O14P/c41-30(13-5-6-14-32(43)40-22-25-10-2-1-8-23(25)15-16-24-9-3-4-12-29(24)40)38-27(35(48)49)17-19-31(42)37-26(34(46)47)11-7-21-54-55(52,53)39-28(36(50)51)18-20-33(44)45/h1-4,8-10,12,26-28H,5-7,11,13-14,17-22H2,(H,37,42)(H,38,41)(H,44,45)(H,46,47)(H,48,49)(H,50,51)(H2,39,52,53)/t26-,27+,28-/m0/s1. The number of fused-ring (bicyclic) bond motifs is 2. The summed E-state index contributed by atoms with van der Waals surface area (Å²) in [6.07, 6.45) is -1.81. The van der Waals surface area contributed by atoms with E-state index in [0.29, 0.717) is 24.2 Å². The number of hydrogen-bond donors (Lipinski definition) is 8. The van der Waals surface area contributed by atoms with Crippen molar-refractivity contribution in [1.82, 2.24) is 15.7 Å². The zero-order chi connectivity index (χ0) is 40.5. The number of carboxylic acid groups (broad SMARTS) is 4. The molecule has 0 saturated heterocycles. The van der Waals surface area contributed by atoms with Crippen molar-refractivity contribution in [2.75, 3.05) is 11.5 Å². The highest BCUT2D eigenvalue weighted by Crippen LogP contribution is 2.38. The maximum atomic E-state index is 13.4. The Morgan fingerprint density at radius 3 is 1.89 bits per heavy atom. The fourth-order valence-corrected chi connectivity index (χ4v) is 6.53. The zero-order valence-electron chi connectivity index (χ0n) is 29.6. The van der Waals surface area contributed by atoms with Crippen LogP contribution < -0.4 is 20.6 Å². The molecule has 1 heterocycles. The maximum Gasteiger partial charge on any atom is 0.403 e. The van der Waals surface area contributed by atoms with Gasteiger partial charge in [0.25, 0.3) is 0 Å². The number of benzene rings is 2. The smallest absolute Gasteiger partial charge is 0.403 e. The second-order valence-electron chi connectivity index (χ2n) is 12.5. The van der Waals surface area contributed by atoms with E-state index in [4.69, 9.17) is 14.7 Å². The minimum absolute atomic E-state index is 0.0904. The summed E-state index contributed by atoms with van der Waals surface area (Å²) in [5, 5.41) is 43.3. The van der Waals surface area contributed by atoms with Crippen molar-refractivity contribution >= 4 is 55.0 Å². The van der Waals surface area contributed by atoms with Crippen molar-refractivity contribution < 1.29 is 68.0 Å². The van der Waals surface area contributed by atoms with Gasteiger partial charge in [-0.05, 0) is 62.3 Å². The van der Waals surface area contributed by atoms with Crippen LogP contribution in [0.4, 0.5) is 5.69 Å². The van der Waals surface area contributed by atoms with Gasteiger partial charge in [-0.25, -0.2) is 19.2 Å². The number of carbonyl (C=O) groups excluding carboxylic acids is 3. The van der Waals surface area contributed by atoms with E-state index < -0.39 is 87.4 Å². The molecule has 4 atom stereocenters. The Kier molecular flexibility index (Phi) is 17.0. The predicted molar refractivity (Wildman–Crippen MR) is 193 cm³/mol. The highest BCUT2D eigenvalue weighted by molar-refractivity contribution is 7.50. The SMILES string of the molecule is O=C(O)CC[C@H](NP(=O)(O)OCCC[C@H](NC(=O)CC[C@@H](NC(=O)CCCCC(=O)N1Cc2ccccc2C#Cc2ccccc21)C(=O)O)C(=O)O)C(=O)O. The van der Waals surface area contributed by atoms with Crippen LogP contribution in [0.15, 0.2) is 48.5 Å². The molecule has 3 amide bonds. The molecule has 0 aromatic heterocycles. The molecule has 0 bridgehead atoms. The van der Waals surface area contributed by atoms with Crippen LogP contribution in [0.3, 0.4) is 0 Å². The molecule has 2 aromatic carbocycles. The summed E-state index contributed by atoms with van der Waals surface area (Å²) in [5.41, 5.74) is 3.09. The van der Waals surface area contributed by atoms with Gasteiger partial charge in [0.15, 0.2) is 0 Å². The van der Waals surface area contributed by atoms with Gasteiger partial charge in [-0.15, -0.1) is 0 Å². The van der Waals surface area contributed by atoms with Crippen molar-refractivity contribution in [2.24, 2.45) is 0 Å². The van der Waals surface area contributed by atoms with Crippen LogP contribution in [0, 0.1) is 11.8 Å². The van der Waals surface area contributed by atoms with Gasteiger partial charge < -0.3 is 40.9 Å². The molecule has 2 aromatic rings. The molecule has 296 valence electrons. The van der Waals surface area contributed by atoms with E-state index in [9.17, 15) is 53.2 Å². The summed E-state index contributed by atoms with van der Waals surface area (Å²) >= 11 is 0. The minimum atomic E-state index is -4.73. The number of carboxylic acids is 4. The molecule has 19 heteroatoms. The predicted octanol–water partition coefficient (Wildman–Crippen LogP) is 2.22. The molecule has 0 fully saturated rings. The topological polar surface area (TPSA) is 286 Å². The Bertz CT molecular complexity index is 1860. The van der Waals surface area contributed by atoms with E-state index >= 15 is 0 Å². The molecule has 0 spiro atoms. The molecule has 1 aliphatic rings. The quantitative estimate of drug-likeness (QED) is 0.0455. The zero-order valence-corrected chi connectivity index (χ0v) is 30.5. The number of rotatable bonds is 23. The number of amides is 3. The molecular formula is C36H43N4O14P. The average molecular weight is 787 g/mol. The Labute approximate surface area is 315 Å². The largest absolute Gasteiger partial charge is 0.481 e. The Hall–Kier alpha value is -5.60. The molecule has 0 saturated carbocycles. The van der Waals surface area contributed by atoms with Crippen molar-refractivity contribution in [3.8, 4) is 11.8 Å². The fraction of sp³-hybridized carbons (Fsp3) is 0.417. The summed E-state index contributed by atoms with van der Waals surface area (Å²) in [7, 11) is -4.73. The number of anilines is 1. The van der Waals surface area contributed by atoms with E-state index in [0.717, 1.165) is 11.1 Å². The Morgan fingerprint density at radius 2 is 1.24 bits per heavy atom. The second-order valence-corrected chi connectivity index (χ2v) is 14.1. The minimum Gasteiger partial charge on any atom is -0.481 e. The van der Waals surface area contributed by atoms with Gasteiger partial charge in [-0.3, -0.25) is 28.5 Å². The van der Waals surface area contributed by atoms with Crippen molar-refractivity contribution in [1.29, 1.82) is 0 Å². The third-order valence-electron chi connectivity index (χ3n) is 8.31. The maximum absolute atomic E-state index is 13.4. The van der Waals surface area contributed by atoms with Crippen molar-refractivity contribution in [3.63, 3.8) is 0 Å². The van der Waals surface area contributed by atoms with Crippen molar-refractivity contribution in [3.05, 3.63) is 65.2 Å². The summed E-state index contributed by atoms with van der Waals surface area (Å²) in [6.45, 7) is -0.223. The second kappa shape index (κ2) is 21.3. The number of unbranched alkanes of at least 4 members (excludes halogenated alkanes) is 1. The highest BCUT2D eigenvalue weighted by atomic mass is 31.2. The number of nitrogens with one attached hydrogen (secondary N) is 3. The van der Waals surface area contributed by atoms with E-state index in [1.165, 1.54) is 0 Å². The van der Waals surface area contributed by atoms with Gasteiger partial charge in [-0.1, -0.05) is 42.2 Å². The number of nitrogens with zero attached hydrogens (tertiary/aromatic N) is 1. The van der Waals surface area contributed by atoms with Crippen LogP contribution in [-0.4, -0.2) is 91.7 Å². The lowest BCUT2D eigenvalue weighted by atomic mass is 10.0. The number of aliphatic carboxylic acids is 4. The van der Waals surface area contributed by atoms with E-state index in [-0.39, 0.29) is 44.4 Å². The van der Waals surface area contributed by atoms with E-state index in [1.807, 2.05) is 53.6 Å². The molecular weight excluding hydrogens is 743 g/mol. The summed E-state index contributed by atoms with van der Waals surface area (Å²) in [4.78, 5) is 95.5. The fourth-order valence-electron chi connectivity index (χ4n) is 5.45. The first-order valence-corrected chi connectivity index (χ1v) is 18.9. The lowest BCUT2D eigenvalue weighted by Crippen LogP contribution is -2.44. The first-order valence-electron chi connectivity index (χ1n) is 17.3. The molecule has 0 aliphatic carbocycles. The van der Waals surface area contributed by atoms with Gasteiger partial charge in [0.2, 0.25) is 17.7 Å². The van der Waals surface area contributed by atoms with Crippen LogP contribution in [-0.2, 0) is 49.2 Å². The average Bonchev–Trinajstić information content (AvgIpc) is 3.12. The van der Waals surface area contributed by atoms with Gasteiger partial charge in [0, 0.05) is 36.8 Å². The van der Waals surface area contributed by atoms with Gasteiger partial charge >= 0.3 is 31.6 Å². The normalized spacial score (nSPS) is 14.5. The van der Waals surface area contributed by atoms with Crippen LogP contribution in [0.5, 0.6) is 0 Å². The summed E-state index contributed by atoms with van der Waals surface area (Å²) in [6, 6.07) is 10.2. The van der Waals surface area contributed by atoms with Gasteiger partial charge in [0.05, 0.1) is 18.8 Å². The monoisotopic (exact) mass is 786 g/mol. The number of carbonyl (C=O) groups is 7. The van der Waals surface area contributed by atoms with Crippen LogP contribution in [0.1, 0.15) is 80.9 Å². The van der Waals surface area contributed by atoms with Crippen LogP contribution >= 0.6 is 7.75 Å². The summed E-state index contributed by atoms with van der Waals surface area (Å²) < 4.78 is 16.9. The first-order chi connectivity index (χ1) is 26.1. The van der Waals surface area contributed by atoms with E-state index in [1.54, 1.807) is 4.90 Å². The molecule has 3 rings (SSSR count). The highest BCUT2D eigenvalue weighted by Gasteiger charge is 2.30. The Morgan fingerprint density at radius 1 is 0.691 bits per heavy atom. The summed E-state index contributed by atoms with van der Waals surface area (Å²) in [5.74, 6) is -1.13. The Balaban J connectivity index is 1.42. The number of hydrogen-bond acceptors (Lipinski definition) is 9.